The Morgan fingerprint density at radius 2 is 2.07 bits per heavy atom. The molecule has 0 saturated carbocycles. The summed E-state index contributed by atoms with van der Waals surface area (Å²) in [5.41, 5.74) is 1.23. The molecule has 1 aromatic rings. The van der Waals surface area contributed by atoms with Crippen LogP contribution in [0.3, 0.4) is 0 Å². The highest BCUT2D eigenvalue weighted by Crippen LogP contribution is 2.22. The molecule has 1 heterocycles. The van der Waals surface area contributed by atoms with Gasteiger partial charge in [-0.05, 0) is 57.6 Å². The predicted octanol–water partition coefficient (Wildman–Crippen LogP) is 2.34. The number of nitrogens with zero attached hydrogens (tertiary/aromatic N) is 3. The Bertz CT molecular complexity index is 582. The molecular formula is C21H37N5O. The van der Waals surface area contributed by atoms with Crippen LogP contribution in [0.5, 0.6) is 5.75 Å². The standard InChI is InChI=1S/C21H37N5O/c1-6-12-26-13-10-18(11-14-26)24-21(22-2)23-16-20(25(3)4)17-8-7-9-19(15-17)27-5/h7-9,15,18,20H,6,10-14,16H2,1-5H3,(H2,22,23,24). The lowest BCUT2D eigenvalue weighted by Crippen LogP contribution is -2.49. The van der Waals surface area contributed by atoms with Gasteiger partial charge in [0, 0.05) is 32.7 Å². The summed E-state index contributed by atoms with van der Waals surface area (Å²) in [5.74, 6) is 1.78. The van der Waals surface area contributed by atoms with Gasteiger partial charge >= 0.3 is 0 Å². The number of piperidine rings is 1. The molecule has 6 nitrogen and oxygen atoms in total. The maximum Gasteiger partial charge on any atom is 0.191 e. The lowest BCUT2D eigenvalue weighted by molar-refractivity contribution is 0.206. The van der Waals surface area contributed by atoms with E-state index in [0.29, 0.717) is 6.04 Å². The number of methoxy groups -OCH3 is 1. The molecule has 0 aromatic heterocycles. The second kappa shape index (κ2) is 11.1. The Labute approximate surface area is 165 Å². The number of nitrogens with one attached hydrogen (secondary N) is 2. The number of guanidine groups is 1. The molecule has 2 rings (SSSR count). The number of aliphatic imine (C=N–C) groups is 1. The van der Waals surface area contributed by atoms with Crippen molar-refractivity contribution in [2.45, 2.75) is 38.3 Å². The van der Waals surface area contributed by atoms with Crippen LogP contribution in [0.25, 0.3) is 0 Å². The van der Waals surface area contributed by atoms with Crippen molar-refractivity contribution < 1.29 is 4.74 Å². The predicted molar refractivity (Wildman–Crippen MR) is 114 cm³/mol. The van der Waals surface area contributed by atoms with Crippen molar-refractivity contribution in [1.29, 1.82) is 0 Å². The molecule has 0 spiro atoms. The maximum absolute atomic E-state index is 5.38. The first-order chi connectivity index (χ1) is 13.1. The van der Waals surface area contributed by atoms with Crippen LogP contribution >= 0.6 is 0 Å². The monoisotopic (exact) mass is 375 g/mol. The van der Waals surface area contributed by atoms with Crippen LogP contribution < -0.4 is 15.4 Å². The number of likely N-dealkylation sites (N-methyl/N-ethyl adjacent to an activating group) is 1. The van der Waals surface area contributed by atoms with Crippen LogP contribution in [-0.2, 0) is 0 Å². The zero-order chi connectivity index (χ0) is 19.6. The van der Waals surface area contributed by atoms with E-state index in [1.165, 1.54) is 44.5 Å². The minimum atomic E-state index is 0.241. The van der Waals surface area contributed by atoms with Gasteiger partial charge in [0.25, 0.3) is 0 Å². The number of hydrogen-bond donors (Lipinski definition) is 2. The summed E-state index contributed by atoms with van der Waals surface area (Å²) in [7, 11) is 7.76. The van der Waals surface area contributed by atoms with Crippen molar-refractivity contribution in [2.24, 2.45) is 4.99 Å². The molecule has 1 aliphatic heterocycles. The summed E-state index contributed by atoms with van der Waals surface area (Å²) in [6, 6.07) is 9.01. The zero-order valence-electron chi connectivity index (χ0n) is 17.7. The first kappa shape index (κ1) is 21.5. The Hall–Kier alpha value is -1.79. The van der Waals surface area contributed by atoms with Crippen LogP contribution in [0.2, 0.25) is 0 Å². The molecule has 2 N–H and O–H groups in total. The molecule has 1 unspecified atom stereocenters. The van der Waals surface area contributed by atoms with Gasteiger partial charge in [-0.3, -0.25) is 4.99 Å². The van der Waals surface area contributed by atoms with Gasteiger partial charge in [0.1, 0.15) is 5.75 Å². The Morgan fingerprint density at radius 1 is 1.33 bits per heavy atom. The van der Waals surface area contributed by atoms with E-state index in [-0.39, 0.29) is 6.04 Å². The molecular weight excluding hydrogens is 338 g/mol. The van der Waals surface area contributed by atoms with Gasteiger partial charge in [-0.25, -0.2) is 0 Å². The largest absolute Gasteiger partial charge is 0.497 e. The Balaban J connectivity index is 1.89. The fraction of sp³-hybridized carbons (Fsp3) is 0.667. The highest BCUT2D eigenvalue weighted by molar-refractivity contribution is 5.80. The van der Waals surface area contributed by atoms with Crippen LogP contribution in [0.1, 0.15) is 37.8 Å². The molecule has 152 valence electrons. The Morgan fingerprint density at radius 3 is 2.67 bits per heavy atom. The summed E-state index contributed by atoms with van der Waals surface area (Å²) in [4.78, 5) is 9.21. The molecule has 1 fully saturated rings. The molecule has 6 heteroatoms. The molecule has 1 atom stereocenters. The van der Waals surface area contributed by atoms with Crippen molar-refractivity contribution in [3.63, 3.8) is 0 Å². The number of rotatable bonds is 8. The molecule has 0 radical (unpaired) electrons. The van der Waals surface area contributed by atoms with Gasteiger partial charge in [-0.2, -0.15) is 0 Å². The fourth-order valence-corrected chi connectivity index (χ4v) is 3.65. The summed E-state index contributed by atoms with van der Waals surface area (Å²) in [6.45, 7) is 6.60. The van der Waals surface area contributed by atoms with Gasteiger partial charge < -0.3 is 25.2 Å². The molecule has 0 amide bonds. The van der Waals surface area contributed by atoms with Crippen molar-refractivity contribution in [3.8, 4) is 5.75 Å². The van der Waals surface area contributed by atoms with E-state index in [4.69, 9.17) is 4.74 Å². The van der Waals surface area contributed by atoms with Gasteiger partial charge in [-0.1, -0.05) is 19.1 Å². The van der Waals surface area contributed by atoms with Gasteiger partial charge in [-0.15, -0.1) is 0 Å². The fourth-order valence-electron chi connectivity index (χ4n) is 3.65. The molecule has 1 aliphatic rings. The maximum atomic E-state index is 5.38. The average molecular weight is 376 g/mol. The summed E-state index contributed by atoms with van der Waals surface area (Å²) < 4.78 is 5.38. The summed E-state index contributed by atoms with van der Waals surface area (Å²) in [6.07, 6.45) is 3.58. The highest BCUT2D eigenvalue weighted by Gasteiger charge is 2.20. The van der Waals surface area contributed by atoms with Gasteiger partial charge in [0.2, 0.25) is 0 Å². The van der Waals surface area contributed by atoms with Crippen molar-refractivity contribution in [3.05, 3.63) is 29.8 Å². The normalized spacial score (nSPS) is 17.8. The second-order valence-corrected chi connectivity index (χ2v) is 7.47. The SMILES string of the molecule is CCCN1CCC(NC(=NC)NCC(c2cccc(OC)c2)N(C)C)CC1. The van der Waals surface area contributed by atoms with E-state index in [1.807, 2.05) is 19.2 Å². The molecule has 0 aliphatic carbocycles. The van der Waals surface area contributed by atoms with E-state index in [1.54, 1.807) is 7.11 Å². The number of likely N-dealkylation sites (tertiary alicyclic amines) is 1. The zero-order valence-corrected chi connectivity index (χ0v) is 17.7. The lowest BCUT2D eigenvalue weighted by Gasteiger charge is -2.33. The van der Waals surface area contributed by atoms with Crippen molar-refractivity contribution >= 4 is 5.96 Å². The number of hydrogen-bond acceptors (Lipinski definition) is 4. The van der Waals surface area contributed by atoms with E-state index < -0.39 is 0 Å². The lowest BCUT2D eigenvalue weighted by atomic mass is 10.0. The van der Waals surface area contributed by atoms with E-state index in [0.717, 1.165) is 18.3 Å². The Kier molecular flexibility index (Phi) is 8.88. The third-order valence-corrected chi connectivity index (χ3v) is 5.26. The average Bonchev–Trinajstić information content (AvgIpc) is 2.68. The third kappa shape index (κ3) is 6.70. The summed E-state index contributed by atoms with van der Waals surface area (Å²) in [5, 5.41) is 7.12. The van der Waals surface area contributed by atoms with Crippen LogP contribution in [-0.4, -0.2) is 76.2 Å². The summed E-state index contributed by atoms with van der Waals surface area (Å²) >= 11 is 0. The number of ether oxygens (including phenoxy) is 1. The minimum Gasteiger partial charge on any atom is -0.497 e. The number of benzene rings is 1. The van der Waals surface area contributed by atoms with E-state index in [2.05, 4.69) is 58.6 Å². The smallest absolute Gasteiger partial charge is 0.191 e. The molecule has 1 saturated heterocycles. The van der Waals surface area contributed by atoms with Crippen LogP contribution in [0.4, 0.5) is 0 Å². The van der Waals surface area contributed by atoms with Gasteiger partial charge in [0.05, 0.1) is 13.2 Å². The molecule has 27 heavy (non-hydrogen) atoms. The minimum absolute atomic E-state index is 0.241. The van der Waals surface area contributed by atoms with Crippen LogP contribution in [0, 0.1) is 0 Å². The topological polar surface area (TPSA) is 52.1 Å². The highest BCUT2D eigenvalue weighted by atomic mass is 16.5. The second-order valence-electron chi connectivity index (χ2n) is 7.47. The quantitative estimate of drug-likeness (QED) is 0.540. The van der Waals surface area contributed by atoms with Crippen LogP contribution in [0.15, 0.2) is 29.3 Å². The molecule has 0 bridgehead atoms. The third-order valence-electron chi connectivity index (χ3n) is 5.26. The first-order valence-corrected chi connectivity index (χ1v) is 10.1. The van der Waals surface area contributed by atoms with E-state index >= 15 is 0 Å². The van der Waals surface area contributed by atoms with E-state index in [9.17, 15) is 0 Å². The van der Waals surface area contributed by atoms with Gasteiger partial charge in [0.15, 0.2) is 5.96 Å². The van der Waals surface area contributed by atoms with Crippen molar-refractivity contribution in [2.75, 3.05) is 54.4 Å². The van der Waals surface area contributed by atoms with Crippen molar-refractivity contribution in [1.82, 2.24) is 20.4 Å². The first-order valence-electron chi connectivity index (χ1n) is 10.1. The molecule has 1 aromatic carbocycles.